The molecule has 3 rings (SSSR count). The van der Waals surface area contributed by atoms with Crippen LogP contribution in [0.4, 0.5) is 4.39 Å². The number of ketones is 1. The van der Waals surface area contributed by atoms with E-state index in [0.717, 1.165) is 5.56 Å². The zero-order valence-corrected chi connectivity index (χ0v) is 14.6. The number of aliphatic hydroxyl groups excluding tert-OH is 1. The number of Topliss-reactive ketones (excluding diaryl/α,β-unsaturated/α-hetero) is 1. The van der Waals surface area contributed by atoms with Crippen molar-refractivity contribution < 1.29 is 23.8 Å². The fourth-order valence-corrected chi connectivity index (χ4v) is 3.13. The zero-order chi connectivity index (χ0) is 19.0. The Hall–Kier alpha value is -3.15. The van der Waals surface area contributed by atoms with Crippen molar-refractivity contribution in [3.05, 3.63) is 70.5 Å². The number of likely N-dealkylation sites (N-methyl/N-ethyl adjacent to an activating group) is 1. The molecular weight excluding hydrogens is 337 g/mol. The minimum Gasteiger partial charge on any atom is -0.507 e. The van der Waals surface area contributed by atoms with E-state index in [9.17, 15) is 19.1 Å². The molecule has 1 atom stereocenters. The molecule has 0 bridgehead atoms. The first-order valence-corrected chi connectivity index (χ1v) is 8.00. The van der Waals surface area contributed by atoms with Crippen LogP contribution < -0.4 is 4.74 Å². The number of halogens is 1. The Balaban J connectivity index is 2.23. The summed E-state index contributed by atoms with van der Waals surface area (Å²) >= 11 is 0. The molecule has 2 aromatic rings. The number of hydrogen-bond acceptors (Lipinski definition) is 4. The molecule has 1 fully saturated rings. The number of carbonyl (C=O) groups excluding carboxylic acids is 2. The molecule has 26 heavy (non-hydrogen) atoms. The molecular formula is C20H18FNO4. The fourth-order valence-electron chi connectivity index (χ4n) is 3.13. The standard InChI is InChI=1S/C20H18FNO4/c1-11-4-9-15(26-3)14(10-11)18(23)16-17(22(2)20(25)19(16)24)12-5-7-13(21)8-6-12/h4-10,17,23H,1-3H3/b18-16+. The van der Waals surface area contributed by atoms with Crippen molar-refractivity contribution in [2.45, 2.75) is 13.0 Å². The second-order valence-corrected chi connectivity index (χ2v) is 6.17. The van der Waals surface area contributed by atoms with Crippen LogP contribution in [0.25, 0.3) is 5.76 Å². The molecule has 1 N–H and O–H groups in total. The molecule has 0 aliphatic carbocycles. The normalized spacial score (nSPS) is 19.1. The van der Waals surface area contributed by atoms with Crippen molar-refractivity contribution >= 4 is 17.4 Å². The van der Waals surface area contributed by atoms with Crippen molar-refractivity contribution in [1.82, 2.24) is 4.90 Å². The number of likely N-dealkylation sites (tertiary alicyclic amines) is 1. The zero-order valence-electron chi connectivity index (χ0n) is 14.6. The third-order valence-corrected chi connectivity index (χ3v) is 4.47. The van der Waals surface area contributed by atoms with Crippen LogP contribution >= 0.6 is 0 Å². The van der Waals surface area contributed by atoms with E-state index in [1.54, 1.807) is 12.1 Å². The van der Waals surface area contributed by atoms with Gasteiger partial charge in [0.2, 0.25) is 0 Å². The molecule has 2 aromatic carbocycles. The first-order chi connectivity index (χ1) is 12.3. The largest absolute Gasteiger partial charge is 0.507 e. The van der Waals surface area contributed by atoms with Crippen LogP contribution in [0.2, 0.25) is 0 Å². The van der Waals surface area contributed by atoms with Crippen LogP contribution in [0.1, 0.15) is 22.7 Å². The highest BCUT2D eigenvalue weighted by Crippen LogP contribution is 2.40. The molecule has 5 nitrogen and oxygen atoms in total. The Morgan fingerprint density at radius 3 is 2.42 bits per heavy atom. The number of carbonyl (C=O) groups is 2. The molecule has 134 valence electrons. The number of rotatable bonds is 3. The van der Waals surface area contributed by atoms with Crippen molar-refractivity contribution in [3.63, 3.8) is 0 Å². The third kappa shape index (κ3) is 2.83. The monoisotopic (exact) mass is 355 g/mol. The van der Waals surface area contributed by atoms with Crippen LogP contribution in [0.15, 0.2) is 48.0 Å². The summed E-state index contributed by atoms with van der Waals surface area (Å²) in [6.07, 6.45) is 0. The number of aliphatic hydroxyl groups is 1. The van der Waals surface area contributed by atoms with E-state index in [2.05, 4.69) is 0 Å². The van der Waals surface area contributed by atoms with Gasteiger partial charge in [0.1, 0.15) is 17.3 Å². The Morgan fingerprint density at radius 1 is 1.15 bits per heavy atom. The van der Waals surface area contributed by atoms with Crippen LogP contribution in [0, 0.1) is 12.7 Å². The van der Waals surface area contributed by atoms with Gasteiger partial charge >= 0.3 is 0 Å². The van der Waals surface area contributed by atoms with Gasteiger partial charge in [0.05, 0.1) is 24.3 Å². The molecule has 0 spiro atoms. The lowest BCUT2D eigenvalue weighted by molar-refractivity contribution is -0.139. The Kier molecular flexibility index (Phi) is 4.50. The Labute approximate surface area is 150 Å². The lowest BCUT2D eigenvalue weighted by Crippen LogP contribution is -2.24. The maximum atomic E-state index is 13.3. The minimum absolute atomic E-state index is 0.0481. The number of aryl methyl sites for hydroxylation is 1. The number of methoxy groups -OCH3 is 1. The molecule has 0 saturated carbocycles. The van der Waals surface area contributed by atoms with Gasteiger partial charge in [-0.2, -0.15) is 0 Å². The van der Waals surface area contributed by atoms with Crippen LogP contribution in [0.5, 0.6) is 5.75 Å². The van der Waals surface area contributed by atoms with Gasteiger partial charge in [0.25, 0.3) is 11.7 Å². The van der Waals surface area contributed by atoms with E-state index in [4.69, 9.17) is 4.74 Å². The summed E-state index contributed by atoms with van der Waals surface area (Å²) in [5.74, 6) is -1.88. The minimum atomic E-state index is -0.805. The smallest absolute Gasteiger partial charge is 0.295 e. The molecule has 1 aliphatic heterocycles. The van der Waals surface area contributed by atoms with Gasteiger partial charge in [-0.3, -0.25) is 9.59 Å². The van der Waals surface area contributed by atoms with Gasteiger partial charge in [-0.1, -0.05) is 23.8 Å². The van der Waals surface area contributed by atoms with Crippen molar-refractivity contribution in [2.24, 2.45) is 0 Å². The maximum Gasteiger partial charge on any atom is 0.295 e. The first-order valence-electron chi connectivity index (χ1n) is 8.00. The number of nitrogens with zero attached hydrogens (tertiary/aromatic N) is 1. The SMILES string of the molecule is COc1ccc(C)cc1/C(O)=C1\C(=O)C(=O)N(C)C1c1ccc(F)cc1. The number of ether oxygens (including phenoxy) is 1. The predicted molar refractivity (Wildman–Crippen MR) is 94.2 cm³/mol. The molecule has 0 radical (unpaired) electrons. The molecule has 0 aromatic heterocycles. The highest BCUT2D eigenvalue weighted by atomic mass is 19.1. The van der Waals surface area contributed by atoms with Crippen LogP contribution in [-0.2, 0) is 9.59 Å². The van der Waals surface area contributed by atoms with Crippen molar-refractivity contribution in [3.8, 4) is 5.75 Å². The molecule has 1 saturated heterocycles. The van der Waals surface area contributed by atoms with E-state index in [0.29, 0.717) is 16.9 Å². The second kappa shape index (κ2) is 6.63. The molecule has 1 amide bonds. The predicted octanol–water partition coefficient (Wildman–Crippen LogP) is 3.19. The van der Waals surface area contributed by atoms with E-state index >= 15 is 0 Å². The molecule has 1 unspecified atom stereocenters. The fraction of sp³-hybridized carbons (Fsp3) is 0.200. The van der Waals surface area contributed by atoms with Crippen molar-refractivity contribution in [2.75, 3.05) is 14.2 Å². The van der Waals surface area contributed by atoms with Gasteiger partial charge in [0.15, 0.2) is 0 Å². The number of benzene rings is 2. The lowest BCUT2D eigenvalue weighted by Gasteiger charge is -2.21. The second-order valence-electron chi connectivity index (χ2n) is 6.17. The van der Waals surface area contributed by atoms with Crippen LogP contribution in [-0.4, -0.2) is 35.9 Å². The molecule has 1 aliphatic rings. The van der Waals surface area contributed by atoms with Crippen molar-refractivity contribution in [1.29, 1.82) is 0 Å². The summed E-state index contributed by atoms with van der Waals surface area (Å²) in [5.41, 5.74) is 1.66. The van der Waals surface area contributed by atoms with E-state index in [1.807, 2.05) is 13.0 Å². The van der Waals surface area contributed by atoms with Gasteiger partial charge in [-0.25, -0.2) is 4.39 Å². The average molecular weight is 355 g/mol. The van der Waals surface area contributed by atoms with Gasteiger partial charge in [-0.05, 0) is 36.8 Å². The Morgan fingerprint density at radius 2 is 1.81 bits per heavy atom. The van der Waals surface area contributed by atoms with Crippen LogP contribution in [0.3, 0.4) is 0 Å². The molecule has 1 heterocycles. The quantitative estimate of drug-likeness (QED) is 0.522. The summed E-state index contributed by atoms with van der Waals surface area (Å²) in [7, 11) is 2.93. The maximum absolute atomic E-state index is 13.3. The summed E-state index contributed by atoms with van der Waals surface area (Å²) in [6.45, 7) is 1.84. The summed E-state index contributed by atoms with van der Waals surface area (Å²) in [5, 5.41) is 10.9. The third-order valence-electron chi connectivity index (χ3n) is 4.47. The van der Waals surface area contributed by atoms with E-state index < -0.39 is 23.5 Å². The highest BCUT2D eigenvalue weighted by Gasteiger charge is 2.44. The summed E-state index contributed by atoms with van der Waals surface area (Å²) in [6, 6.07) is 9.84. The number of hydrogen-bond donors (Lipinski definition) is 1. The highest BCUT2D eigenvalue weighted by molar-refractivity contribution is 6.46. The van der Waals surface area contributed by atoms with Gasteiger partial charge < -0.3 is 14.7 Å². The van der Waals surface area contributed by atoms with Gasteiger partial charge in [-0.15, -0.1) is 0 Å². The molecule has 6 heteroatoms. The topological polar surface area (TPSA) is 66.8 Å². The van der Waals surface area contributed by atoms with Gasteiger partial charge in [0, 0.05) is 7.05 Å². The van der Waals surface area contributed by atoms with E-state index in [-0.39, 0.29) is 11.3 Å². The van der Waals surface area contributed by atoms with E-state index in [1.165, 1.54) is 43.3 Å². The average Bonchev–Trinajstić information content (AvgIpc) is 2.86. The first kappa shape index (κ1) is 17.7. The number of amides is 1. The summed E-state index contributed by atoms with van der Waals surface area (Å²) < 4.78 is 18.5. The lowest BCUT2D eigenvalue weighted by atomic mass is 9.94. The summed E-state index contributed by atoms with van der Waals surface area (Å²) in [4.78, 5) is 26.0. The Bertz CT molecular complexity index is 918.